The summed E-state index contributed by atoms with van der Waals surface area (Å²) in [7, 11) is 3.95. The SMILES string of the molecule is CN(C)CCCOC(=O)c1ccc(Cl)c(N)c1. The van der Waals surface area contributed by atoms with Gasteiger partial charge in [0, 0.05) is 6.54 Å². The molecule has 0 radical (unpaired) electrons. The normalized spacial score (nSPS) is 10.6. The smallest absolute Gasteiger partial charge is 0.338 e. The van der Waals surface area contributed by atoms with Gasteiger partial charge in [-0.15, -0.1) is 0 Å². The van der Waals surface area contributed by atoms with Crippen LogP contribution < -0.4 is 5.73 Å². The van der Waals surface area contributed by atoms with E-state index in [1.807, 2.05) is 19.0 Å². The minimum atomic E-state index is -0.368. The third-order valence-corrected chi connectivity index (χ3v) is 2.56. The maximum Gasteiger partial charge on any atom is 0.338 e. The molecule has 0 saturated carbocycles. The summed E-state index contributed by atoms with van der Waals surface area (Å²) < 4.78 is 5.11. The van der Waals surface area contributed by atoms with Crippen molar-refractivity contribution in [1.29, 1.82) is 0 Å². The van der Waals surface area contributed by atoms with Crippen LogP contribution in [-0.2, 0) is 4.74 Å². The van der Waals surface area contributed by atoms with Gasteiger partial charge < -0.3 is 15.4 Å². The van der Waals surface area contributed by atoms with Crippen molar-refractivity contribution >= 4 is 23.3 Å². The van der Waals surface area contributed by atoms with Crippen LogP contribution in [0.15, 0.2) is 18.2 Å². The fourth-order valence-corrected chi connectivity index (χ4v) is 1.42. The summed E-state index contributed by atoms with van der Waals surface area (Å²) in [5.41, 5.74) is 6.42. The second kappa shape index (κ2) is 6.47. The van der Waals surface area contributed by atoms with Crippen LogP contribution in [0.4, 0.5) is 5.69 Å². The molecule has 0 aliphatic heterocycles. The molecule has 1 aromatic rings. The molecule has 0 bridgehead atoms. The topological polar surface area (TPSA) is 55.6 Å². The van der Waals surface area contributed by atoms with Crippen molar-refractivity contribution in [2.24, 2.45) is 0 Å². The number of rotatable bonds is 5. The summed E-state index contributed by atoms with van der Waals surface area (Å²) in [6, 6.07) is 4.72. The minimum Gasteiger partial charge on any atom is -0.462 e. The molecule has 0 fully saturated rings. The summed E-state index contributed by atoms with van der Waals surface area (Å²) in [6.07, 6.45) is 0.807. The molecule has 0 atom stereocenters. The van der Waals surface area contributed by atoms with E-state index in [-0.39, 0.29) is 5.97 Å². The van der Waals surface area contributed by atoms with E-state index in [0.717, 1.165) is 13.0 Å². The number of halogens is 1. The van der Waals surface area contributed by atoms with E-state index in [1.165, 1.54) is 6.07 Å². The minimum absolute atomic E-state index is 0.368. The molecule has 0 aromatic heterocycles. The molecule has 0 spiro atoms. The number of anilines is 1. The fourth-order valence-electron chi connectivity index (χ4n) is 1.30. The van der Waals surface area contributed by atoms with E-state index in [4.69, 9.17) is 22.1 Å². The Bertz CT molecular complexity index is 394. The van der Waals surface area contributed by atoms with Crippen molar-refractivity contribution in [1.82, 2.24) is 4.90 Å². The molecule has 1 rings (SSSR count). The van der Waals surface area contributed by atoms with Gasteiger partial charge >= 0.3 is 5.97 Å². The molecule has 0 amide bonds. The van der Waals surface area contributed by atoms with Gasteiger partial charge in [0.1, 0.15) is 0 Å². The monoisotopic (exact) mass is 256 g/mol. The van der Waals surface area contributed by atoms with E-state index in [2.05, 4.69) is 0 Å². The second-order valence-electron chi connectivity index (χ2n) is 4.03. The van der Waals surface area contributed by atoms with Crippen LogP contribution in [0.3, 0.4) is 0 Å². The molecular weight excluding hydrogens is 240 g/mol. The highest BCUT2D eigenvalue weighted by Crippen LogP contribution is 2.19. The Balaban J connectivity index is 2.44. The Hall–Kier alpha value is -1.26. The maximum absolute atomic E-state index is 11.6. The number of hydrogen-bond donors (Lipinski definition) is 1. The zero-order chi connectivity index (χ0) is 12.8. The summed E-state index contributed by atoms with van der Waals surface area (Å²) in [5, 5.41) is 0.439. The van der Waals surface area contributed by atoms with Crippen LogP contribution >= 0.6 is 11.6 Å². The van der Waals surface area contributed by atoms with E-state index in [1.54, 1.807) is 12.1 Å². The number of hydrogen-bond acceptors (Lipinski definition) is 4. The van der Waals surface area contributed by atoms with E-state index >= 15 is 0 Å². The van der Waals surface area contributed by atoms with E-state index in [0.29, 0.717) is 22.9 Å². The predicted octanol–water partition coefficient (Wildman–Crippen LogP) is 2.03. The first-order valence-corrected chi connectivity index (χ1v) is 5.75. The van der Waals surface area contributed by atoms with Gasteiger partial charge in [-0.05, 0) is 38.7 Å². The third-order valence-electron chi connectivity index (χ3n) is 2.21. The Morgan fingerprint density at radius 2 is 2.18 bits per heavy atom. The van der Waals surface area contributed by atoms with Gasteiger partial charge in [-0.1, -0.05) is 11.6 Å². The molecule has 0 saturated heterocycles. The predicted molar refractivity (Wildman–Crippen MR) is 69.3 cm³/mol. The number of nitrogens with two attached hydrogens (primary N) is 1. The highest BCUT2D eigenvalue weighted by atomic mass is 35.5. The van der Waals surface area contributed by atoms with Crippen molar-refractivity contribution in [3.63, 3.8) is 0 Å². The highest BCUT2D eigenvalue weighted by Gasteiger charge is 2.08. The number of nitrogen functional groups attached to an aromatic ring is 1. The molecule has 2 N–H and O–H groups in total. The quantitative estimate of drug-likeness (QED) is 0.498. The first kappa shape index (κ1) is 13.8. The Morgan fingerprint density at radius 1 is 1.47 bits per heavy atom. The van der Waals surface area contributed by atoms with Gasteiger partial charge in [-0.3, -0.25) is 0 Å². The molecule has 0 unspecified atom stereocenters. The first-order valence-electron chi connectivity index (χ1n) is 5.37. The van der Waals surface area contributed by atoms with Crippen LogP contribution in [0.5, 0.6) is 0 Å². The number of esters is 1. The van der Waals surface area contributed by atoms with E-state index < -0.39 is 0 Å². The lowest BCUT2D eigenvalue weighted by molar-refractivity contribution is 0.0493. The van der Waals surface area contributed by atoms with Gasteiger partial charge in [0.05, 0.1) is 22.9 Å². The molecule has 0 heterocycles. The Kier molecular flexibility index (Phi) is 5.25. The number of nitrogens with zero attached hydrogens (tertiary/aromatic N) is 1. The molecule has 0 aliphatic carbocycles. The summed E-state index contributed by atoms with van der Waals surface area (Å²) in [5.74, 6) is -0.368. The number of carbonyl (C=O) groups is 1. The summed E-state index contributed by atoms with van der Waals surface area (Å²) >= 11 is 5.76. The maximum atomic E-state index is 11.6. The third kappa shape index (κ3) is 4.63. The van der Waals surface area contributed by atoms with Crippen LogP contribution in [0, 0.1) is 0 Å². The number of carbonyl (C=O) groups excluding carboxylic acids is 1. The van der Waals surface area contributed by atoms with Gasteiger partial charge in [0.2, 0.25) is 0 Å². The standard InChI is InChI=1S/C12H17ClN2O2/c1-15(2)6-3-7-17-12(16)9-4-5-10(13)11(14)8-9/h4-5,8H,3,6-7,14H2,1-2H3. The molecule has 0 aliphatic rings. The van der Waals surface area contributed by atoms with Crippen LogP contribution in [0.1, 0.15) is 16.8 Å². The Labute approximate surface area is 106 Å². The first-order chi connectivity index (χ1) is 8.00. The molecule has 5 heteroatoms. The zero-order valence-corrected chi connectivity index (χ0v) is 10.8. The average Bonchev–Trinajstić information content (AvgIpc) is 2.27. The highest BCUT2D eigenvalue weighted by molar-refractivity contribution is 6.33. The van der Waals surface area contributed by atoms with Gasteiger partial charge in [-0.2, -0.15) is 0 Å². The van der Waals surface area contributed by atoms with E-state index in [9.17, 15) is 4.79 Å². The van der Waals surface area contributed by atoms with Gasteiger partial charge in [0.15, 0.2) is 0 Å². The van der Waals surface area contributed by atoms with Crippen LogP contribution in [0.25, 0.3) is 0 Å². The van der Waals surface area contributed by atoms with Crippen molar-refractivity contribution in [2.45, 2.75) is 6.42 Å². The van der Waals surface area contributed by atoms with Crippen molar-refractivity contribution in [3.05, 3.63) is 28.8 Å². The number of benzene rings is 1. The lowest BCUT2D eigenvalue weighted by atomic mass is 10.2. The largest absolute Gasteiger partial charge is 0.462 e. The number of ether oxygens (including phenoxy) is 1. The fraction of sp³-hybridized carbons (Fsp3) is 0.417. The second-order valence-corrected chi connectivity index (χ2v) is 4.44. The Morgan fingerprint density at radius 3 is 2.76 bits per heavy atom. The molecule has 94 valence electrons. The zero-order valence-electron chi connectivity index (χ0n) is 10.1. The van der Waals surface area contributed by atoms with Crippen LogP contribution in [0.2, 0.25) is 5.02 Å². The van der Waals surface area contributed by atoms with Crippen molar-refractivity contribution in [2.75, 3.05) is 33.0 Å². The molecule has 17 heavy (non-hydrogen) atoms. The van der Waals surface area contributed by atoms with Gasteiger partial charge in [-0.25, -0.2) is 4.79 Å². The average molecular weight is 257 g/mol. The summed E-state index contributed by atoms with van der Waals surface area (Å²) in [4.78, 5) is 13.7. The summed E-state index contributed by atoms with van der Waals surface area (Å²) in [6.45, 7) is 1.29. The molecule has 1 aromatic carbocycles. The lowest BCUT2D eigenvalue weighted by Crippen LogP contribution is -2.16. The van der Waals surface area contributed by atoms with Crippen LogP contribution in [-0.4, -0.2) is 38.1 Å². The van der Waals surface area contributed by atoms with Gasteiger partial charge in [0.25, 0.3) is 0 Å². The van der Waals surface area contributed by atoms with Crippen molar-refractivity contribution in [3.8, 4) is 0 Å². The lowest BCUT2D eigenvalue weighted by Gasteiger charge is -2.09. The molecule has 4 nitrogen and oxygen atoms in total. The molecular formula is C12H17ClN2O2. The van der Waals surface area contributed by atoms with Crippen molar-refractivity contribution < 1.29 is 9.53 Å².